The van der Waals surface area contributed by atoms with Crippen LogP contribution in [0.5, 0.6) is 0 Å². The minimum Gasteiger partial charge on any atom is -0.478 e. The number of non-ortho nitro benzene ring substituents is 1. The molecule has 0 bridgehead atoms. The summed E-state index contributed by atoms with van der Waals surface area (Å²) in [5, 5.41) is 20.1. The van der Waals surface area contributed by atoms with Crippen molar-refractivity contribution in [3.8, 4) is 0 Å². The molecule has 1 N–H and O–H groups in total. The Labute approximate surface area is 110 Å². The fourth-order valence-corrected chi connectivity index (χ4v) is 2.51. The maximum absolute atomic E-state index is 11.3. The van der Waals surface area contributed by atoms with Crippen LogP contribution < -0.4 is 4.90 Å². The molecule has 1 unspecified atom stereocenters. The van der Waals surface area contributed by atoms with Gasteiger partial charge in [0.15, 0.2) is 0 Å². The molecule has 19 heavy (non-hydrogen) atoms. The van der Waals surface area contributed by atoms with Gasteiger partial charge in [0.25, 0.3) is 5.69 Å². The number of nitrogens with zero attached hydrogens (tertiary/aromatic N) is 2. The van der Waals surface area contributed by atoms with Crippen LogP contribution in [0.2, 0.25) is 0 Å². The zero-order chi connectivity index (χ0) is 14.0. The van der Waals surface area contributed by atoms with Crippen molar-refractivity contribution in [2.45, 2.75) is 32.2 Å². The maximum Gasteiger partial charge on any atom is 0.337 e. The van der Waals surface area contributed by atoms with Gasteiger partial charge in [0, 0.05) is 24.7 Å². The van der Waals surface area contributed by atoms with Gasteiger partial charge in [-0.2, -0.15) is 0 Å². The smallest absolute Gasteiger partial charge is 0.337 e. The molecule has 102 valence electrons. The Kier molecular flexibility index (Phi) is 3.69. The van der Waals surface area contributed by atoms with Gasteiger partial charge in [0.05, 0.1) is 16.2 Å². The number of benzene rings is 1. The largest absolute Gasteiger partial charge is 0.478 e. The third kappa shape index (κ3) is 2.67. The Morgan fingerprint density at radius 1 is 1.47 bits per heavy atom. The second kappa shape index (κ2) is 5.26. The number of nitro benzene ring substituents is 1. The molecule has 0 saturated carbocycles. The Balaban J connectivity index is 2.47. The van der Waals surface area contributed by atoms with Gasteiger partial charge < -0.3 is 10.0 Å². The van der Waals surface area contributed by atoms with E-state index in [2.05, 4.69) is 0 Å². The minimum absolute atomic E-state index is 0.0715. The van der Waals surface area contributed by atoms with E-state index in [1.54, 1.807) is 0 Å². The number of piperidine rings is 1. The van der Waals surface area contributed by atoms with E-state index in [-0.39, 0.29) is 17.3 Å². The third-order valence-electron chi connectivity index (χ3n) is 3.53. The number of aromatic carboxylic acids is 1. The molecule has 0 aromatic heterocycles. The number of carbonyl (C=O) groups is 1. The van der Waals surface area contributed by atoms with Crippen LogP contribution in [0.15, 0.2) is 18.2 Å². The van der Waals surface area contributed by atoms with E-state index in [0.29, 0.717) is 5.69 Å². The van der Waals surface area contributed by atoms with Gasteiger partial charge in [-0.1, -0.05) is 0 Å². The van der Waals surface area contributed by atoms with E-state index >= 15 is 0 Å². The first-order valence-electron chi connectivity index (χ1n) is 6.29. The second-order valence-electron chi connectivity index (χ2n) is 4.80. The molecule has 1 aromatic rings. The maximum atomic E-state index is 11.3. The van der Waals surface area contributed by atoms with Crippen molar-refractivity contribution in [1.82, 2.24) is 0 Å². The van der Waals surface area contributed by atoms with Crippen molar-refractivity contribution >= 4 is 17.3 Å². The zero-order valence-corrected chi connectivity index (χ0v) is 10.7. The van der Waals surface area contributed by atoms with Crippen LogP contribution in [0.1, 0.15) is 36.5 Å². The van der Waals surface area contributed by atoms with Crippen LogP contribution in [0, 0.1) is 10.1 Å². The summed E-state index contributed by atoms with van der Waals surface area (Å²) in [4.78, 5) is 23.6. The van der Waals surface area contributed by atoms with Gasteiger partial charge in [-0.25, -0.2) is 4.79 Å². The Bertz CT molecular complexity index is 515. The Morgan fingerprint density at radius 2 is 2.21 bits per heavy atom. The lowest BCUT2D eigenvalue weighted by Crippen LogP contribution is -2.38. The average molecular weight is 264 g/mol. The van der Waals surface area contributed by atoms with Crippen molar-refractivity contribution in [1.29, 1.82) is 0 Å². The molecule has 2 rings (SSSR count). The molecule has 1 atom stereocenters. The highest BCUT2D eigenvalue weighted by atomic mass is 16.6. The summed E-state index contributed by atoms with van der Waals surface area (Å²) in [5.41, 5.74) is 0.506. The monoisotopic (exact) mass is 264 g/mol. The number of carboxylic acids is 1. The minimum atomic E-state index is -1.05. The van der Waals surface area contributed by atoms with Crippen LogP contribution in [0.4, 0.5) is 11.4 Å². The summed E-state index contributed by atoms with van der Waals surface area (Å²) in [7, 11) is 0. The molecule has 0 aliphatic carbocycles. The molecule has 1 aromatic carbocycles. The molecule has 1 aliphatic heterocycles. The quantitative estimate of drug-likeness (QED) is 0.670. The third-order valence-corrected chi connectivity index (χ3v) is 3.53. The number of rotatable bonds is 3. The molecule has 6 nitrogen and oxygen atoms in total. The molecule has 0 radical (unpaired) electrons. The van der Waals surface area contributed by atoms with Crippen LogP contribution >= 0.6 is 0 Å². The highest BCUT2D eigenvalue weighted by Gasteiger charge is 2.25. The first kappa shape index (κ1) is 13.3. The van der Waals surface area contributed by atoms with Gasteiger partial charge in [0.1, 0.15) is 0 Å². The number of anilines is 1. The lowest BCUT2D eigenvalue weighted by molar-refractivity contribution is -0.384. The molecular formula is C13H16N2O4. The number of carboxylic acid groups (broad SMARTS) is 1. The van der Waals surface area contributed by atoms with Gasteiger partial charge in [-0.3, -0.25) is 10.1 Å². The molecule has 1 saturated heterocycles. The summed E-state index contributed by atoms with van der Waals surface area (Å²) in [6, 6.07) is 4.12. The van der Waals surface area contributed by atoms with Crippen LogP contribution in [-0.4, -0.2) is 28.6 Å². The molecule has 0 amide bonds. The summed E-state index contributed by atoms with van der Waals surface area (Å²) >= 11 is 0. The van der Waals surface area contributed by atoms with E-state index in [4.69, 9.17) is 0 Å². The SMILES string of the molecule is CC1CCCCN1c1cc([N+](=O)[O-])ccc1C(=O)O. The molecule has 1 aliphatic rings. The van der Waals surface area contributed by atoms with E-state index < -0.39 is 10.9 Å². The van der Waals surface area contributed by atoms with Crippen molar-refractivity contribution in [3.63, 3.8) is 0 Å². The van der Waals surface area contributed by atoms with Crippen molar-refractivity contribution in [2.75, 3.05) is 11.4 Å². The number of hydrogen-bond acceptors (Lipinski definition) is 4. The normalized spacial score (nSPS) is 19.2. The molecule has 1 heterocycles. The van der Waals surface area contributed by atoms with Gasteiger partial charge in [0.2, 0.25) is 0 Å². The molecule has 0 spiro atoms. The highest BCUT2D eigenvalue weighted by Crippen LogP contribution is 2.31. The second-order valence-corrected chi connectivity index (χ2v) is 4.80. The molecular weight excluding hydrogens is 248 g/mol. The van der Waals surface area contributed by atoms with Crippen molar-refractivity contribution in [3.05, 3.63) is 33.9 Å². The highest BCUT2D eigenvalue weighted by molar-refractivity contribution is 5.95. The van der Waals surface area contributed by atoms with Crippen LogP contribution in [0.3, 0.4) is 0 Å². The number of nitro groups is 1. The van der Waals surface area contributed by atoms with Crippen molar-refractivity contribution < 1.29 is 14.8 Å². The van der Waals surface area contributed by atoms with E-state index in [1.165, 1.54) is 18.2 Å². The summed E-state index contributed by atoms with van der Waals surface area (Å²) in [6.07, 6.45) is 3.06. The van der Waals surface area contributed by atoms with E-state index in [0.717, 1.165) is 25.8 Å². The van der Waals surface area contributed by atoms with Crippen molar-refractivity contribution in [2.24, 2.45) is 0 Å². The first-order valence-corrected chi connectivity index (χ1v) is 6.29. The summed E-state index contributed by atoms with van der Waals surface area (Å²) in [5.74, 6) is -1.05. The van der Waals surface area contributed by atoms with E-state index in [9.17, 15) is 20.0 Å². The Morgan fingerprint density at radius 3 is 2.79 bits per heavy atom. The van der Waals surface area contributed by atoms with Gasteiger partial charge >= 0.3 is 5.97 Å². The summed E-state index contributed by atoms with van der Waals surface area (Å²) < 4.78 is 0. The fourth-order valence-electron chi connectivity index (χ4n) is 2.51. The number of hydrogen-bond donors (Lipinski definition) is 1. The molecule has 1 fully saturated rings. The summed E-state index contributed by atoms with van der Waals surface area (Å²) in [6.45, 7) is 2.76. The predicted octanol–water partition coefficient (Wildman–Crippen LogP) is 2.67. The standard InChI is InChI=1S/C13H16N2O4/c1-9-4-2-3-7-14(9)12-8-10(15(18)19)5-6-11(12)13(16)17/h5-6,8-9H,2-4,7H2,1H3,(H,16,17). The zero-order valence-electron chi connectivity index (χ0n) is 10.7. The van der Waals surface area contributed by atoms with Gasteiger partial charge in [-0.05, 0) is 32.3 Å². The lowest BCUT2D eigenvalue weighted by atomic mass is 10.0. The predicted molar refractivity (Wildman–Crippen MR) is 70.7 cm³/mol. The first-order chi connectivity index (χ1) is 9.00. The van der Waals surface area contributed by atoms with E-state index in [1.807, 2.05) is 11.8 Å². The molecule has 6 heteroatoms. The lowest BCUT2D eigenvalue weighted by Gasteiger charge is -2.36. The average Bonchev–Trinajstić information content (AvgIpc) is 2.38. The van der Waals surface area contributed by atoms with Gasteiger partial charge in [-0.15, -0.1) is 0 Å². The fraction of sp³-hybridized carbons (Fsp3) is 0.462. The van der Waals surface area contributed by atoms with Crippen LogP contribution in [-0.2, 0) is 0 Å². The van der Waals surface area contributed by atoms with Crippen LogP contribution in [0.25, 0.3) is 0 Å². The topological polar surface area (TPSA) is 83.7 Å². The Hall–Kier alpha value is -2.11.